The molecular formula is C30H29CuN5O2S+2. The molecule has 0 aliphatic carbocycles. The predicted molar refractivity (Wildman–Crippen MR) is 150 cm³/mol. The molecular weight excluding hydrogens is 558 g/mol. The summed E-state index contributed by atoms with van der Waals surface area (Å²) in [5, 5.41) is 12.0. The van der Waals surface area contributed by atoms with Gasteiger partial charge in [0.2, 0.25) is 0 Å². The van der Waals surface area contributed by atoms with E-state index in [9.17, 15) is 5.11 Å². The van der Waals surface area contributed by atoms with Crippen LogP contribution in [0.3, 0.4) is 0 Å². The number of benzene rings is 2. The molecule has 4 heterocycles. The molecule has 0 unspecified atom stereocenters. The third-order valence-corrected chi connectivity index (χ3v) is 7.76. The van der Waals surface area contributed by atoms with Crippen molar-refractivity contribution in [1.82, 2.24) is 24.8 Å². The van der Waals surface area contributed by atoms with Crippen molar-refractivity contribution < 1.29 is 26.9 Å². The third kappa shape index (κ3) is 6.13. The molecule has 1 aliphatic rings. The summed E-state index contributed by atoms with van der Waals surface area (Å²) in [5.41, 5.74) is 6.70. The van der Waals surface area contributed by atoms with Crippen LogP contribution < -0.4 is 4.74 Å². The van der Waals surface area contributed by atoms with E-state index in [2.05, 4.69) is 59.3 Å². The summed E-state index contributed by atoms with van der Waals surface area (Å²) in [6, 6.07) is 24.4. The summed E-state index contributed by atoms with van der Waals surface area (Å²) in [5.74, 6) is 0.586. The molecule has 0 saturated heterocycles. The second kappa shape index (κ2) is 11.8. The SMILES string of the molecule is COc1cc(-c2nc3ccccc3s2)cc(CN2Cc3cccc(n3)CN(C)Cc3cccc(n3)C2)c1O.[Cu+2]. The fourth-order valence-corrected chi connectivity index (χ4v) is 5.90. The number of aromatic hydroxyl groups is 1. The largest absolute Gasteiger partial charge is 2.00 e. The number of pyridine rings is 2. The van der Waals surface area contributed by atoms with E-state index < -0.39 is 0 Å². The summed E-state index contributed by atoms with van der Waals surface area (Å²) in [6.07, 6.45) is 0. The van der Waals surface area contributed by atoms with Crippen LogP contribution in [-0.2, 0) is 49.8 Å². The Bertz CT molecular complexity index is 1520. The Morgan fingerprint density at radius 1 is 0.821 bits per heavy atom. The van der Waals surface area contributed by atoms with E-state index in [1.165, 1.54) is 0 Å². The van der Waals surface area contributed by atoms with Gasteiger partial charge in [-0.25, -0.2) is 4.98 Å². The van der Waals surface area contributed by atoms with Gasteiger partial charge in [0.25, 0.3) is 0 Å². The number of ether oxygens (including phenoxy) is 1. The average molecular weight is 587 g/mol. The zero-order valence-electron chi connectivity index (χ0n) is 21.8. The molecule has 0 spiro atoms. The molecule has 1 aliphatic heterocycles. The maximum atomic E-state index is 11.1. The van der Waals surface area contributed by atoms with Gasteiger partial charge in [0.05, 0.1) is 40.1 Å². The smallest absolute Gasteiger partial charge is 0.504 e. The molecule has 39 heavy (non-hydrogen) atoms. The number of phenolic OH excluding ortho intramolecular Hbond substituents is 1. The maximum Gasteiger partial charge on any atom is 2.00 e. The summed E-state index contributed by atoms with van der Waals surface area (Å²) >= 11 is 1.63. The van der Waals surface area contributed by atoms with Gasteiger partial charge in [-0.3, -0.25) is 19.8 Å². The molecule has 6 rings (SSSR count). The van der Waals surface area contributed by atoms with Gasteiger partial charge in [0.1, 0.15) is 5.01 Å². The summed E-state index contributed by atoms with van der Waals surface area (Å²) in [4.78, 5) is 19.2. The Hall–Kier alpha value is -3.33. The van der Waals surface area contributed by atoms with E-state index in [0.29, 0.717) is 25.4 Å². The summed E-state index contributed by atoms with van der Waals surface area (Å²) in [6.45, 7) is 3.25. The Morgan fingerprint density at radius 2 is 1.44 bits per heavy atom. The Balaban J connectivity index is 0.00000308. The van der Waals surface area contributed by atoms with Gasteiger partial charge in [-0.05, 0) is 55.6 Å². The zero-order chi connectivity index (χ0) is 26.1. The summed E-state index contributed by atoms with van der Waals surface area (Å²) in [7, 11) is 3.68. The molecule has 9 heteroatoms. The van der Waals surface area contributed by atoms with Crippen molar-refractivity contribution >= 4 is 21.6 Å². The third-order valence-electron chi connectivity index (χ3n) is 6.67. The summed E-state index contributed by atoms with van der Waals surface area (Å²) < 4.78 is 6.71. The minimum absolute atomic E-state index is 0. The van der Waals surface area contributed by atoms with E-state index in [-0.39, 0.29) is 22.8 Å². The molecule has 0 fully saturated rings. The van der Waals surface area contributed by atoms with E-state index >= 15 is 0 Å². The van der Waals surface area contributed by atoms with Gasteiger partial charge in [-0.2, -0.15) is 0 Å². The van der Waals surface area contributed by atoms with Crippen LogP contribution in [0.5, 0.6) is 11.5 Å². The normalized spacial score (nSPS) is 14.3. The van der Waals surface area contributed by atoms with E-state index in [0.717, 1.165) is 62.2 Å². The van der Waals surface area contributed by atoms with Crippen LogP contribution in [0.2, 0.25) is 0 Å². The molecule has 201 valence electrons. The van der Waals surface area contributed by atoms with Gasteiger partial charge in [-0.15, -0.1) is 11.3 Å². The maximum absolute atomic E-state index is 11.1. The molecule has 0 atom stereocenters. The first-order valence-electron chi connectivity index (χ1n) is 12.6. The van der Waals surface area contributed by atoms with Crippen molar-refractivity contribution in [3.05, 3.63) is 101 Å². The fraction of sp³-hybridized carbons (Fsp3) is 0.233. The number of hydrogen-bond donors (Lipinski definition) is 1. The molecule has 1 N–H and O–H groups in total. The number of para-hydroxylation sites is 1. The van der Waals surface area contributed by atoms with Crippen LogP contribution in [0.15, 0.2) is 72.8 Å². The molecule has 3 aromatic heterocycles. The number of rotatable bonds is 4. The van der Waals surface area contributed by atoms with Crippen molar-refractivity contribution in [1.29, 1.82) is 0 Å². The average Bonchev–Trinajstić information content (AvgIpc) is 3.34. The van der Waals surface area contributed by atoms with Crippen molar-refractivity contribution in [2.45, 2.75) is 32.7 Å². The van der Waals surface area contributed by atoms with Crippen molar-refractivity contribution in [2.75, 3.05) is 14.2 Å². The topological polar surface area (TPSA) is 74.6 Å². The monoisotopic (exact) mass is 586 g/mol. The Kier molecular flexibility index (Phi) is 8.26. The van der Waals surface area contributed by atoms with Crippen LogP contribution in [0.4, 0.5) is 0 Å². The minimum Gasteiger partial charge on any atom is -0.504 e. The van der Waals surface area contributed by atoms with Gasteiger partial charge in [0.15, 0.2) is 11.5 Å². The van der Waals surface area contributed by atoms with Crippen LogP contribution in [-0.4, -0.2) is 44.0 Å². The van der Waals surface area contributed by atoms with Gasteiger partial charge >= 0.3 is 17.1 Å². The van der Waals surface area contributed by atoms with E-state index in [1.807, 2.05) is 30.3 Å². The van der Waals surface area contributed by atoms with Crippen molar-refractivity contribution in [2.24, 2.45) is 0 Å². The molecule has 4 bridgehead atoms. The van der Waals surface area contributed by atoms with E-state index in [4.69, 9.17) is 19.7 Å². The second-order valence-electron chi connectivity index (χ2n) is 9.73. The van der Waals surface area contributed by atoms with Gasteiger partial charge in [-0.1, -0.05) is 24.3 Å². The zero-order valence-corrected chi connectivity index (χ0v) is 23.5. The number of thiazole rings is 1. The molecule has 0 amide bonds. The van der Waals surface area contributed by atoms with Gasteiger partial charge < -0.3 is 9.84 Å². The Morgan fingerprint density at radius 3 is 2.05 bits per heavy atom. The molecule has 1 radical (unpaired) electrons. The molecule has 7 nitrogen and oxygen atoms in total. The number of aromatic nitrogens is 3. The molecule has 2 aromatic carbocycles. The van der Waals surface area contributed by atoms with Crippen molar-refractivity contribution in [3.8, 4) is 22.1 Å². The first-order valence-corrected chi connectivity index (χ1v) is 13.4. The van der Waals surface area contributed by atoms with Gasteiger partial charge in [0, 0.05) is 43.9 Å². The number of phenols is 1. The quantitative estimate of drug-likeness (QED) is 0.274. The first-order chi connectivity index (χ1) is 18.5. The first kappa shape index (κ1) is 27.2. The number of nitrogens with zero attached hydrogens (tertiary/aromatic N) is 5. The van der Waals surface area contributed by atoms with Crippen molar-refractivity contribution in [3.63, 3.8) is 0 Å². The minimum atomic E-state index is 0. The molecule has 0 saturated carbocycles. The number of fused-ring (bicyclic) bond motifs is 5. The predicted octanol–water partition coefficient (Wildman–Crippen LogP) is 5.61. The van der Waals surface area contributed by atoms with Crippen LogP contribution in [0.1, 0.15) is 28.3 Å². The van der Waals surface area contributed by atoms with Crippen LogP contribution in [0, 0.1) is 0 Å². The van der Waals surface area contributed by atoms with E-state index in [1.54, 1.807) is 18.4 Å². The number of methoxy groups -OCH3 is 1. The second-order valence-corrected chi connectivity index (χ2v) is 10.8. The standard InChI is InChI=1S/C30H29N5O2S.Cu/c1-34-16-22-7-5-9-24(31-22)18-35(19-25-10-6-8-23(17-34)32-25)15-21-13-20(14-27(37-2)29(21)36)30-33-26-11-3-4-12-28(26)38-30;/h3-14,36H,15-19H2,1-2H3;/q;+2. The van der Waals surface area contributed by atoms with Crippen LogP contribution in [0.25, 0.3) is 20.8 Å². The fourth-order valence-electron chi connectivity index (χ4n) is 4.95. The van der Waals surface area contributed by atoms with Crippen LogP contribution >= 0.6 is 11.3 Å². The number of hydrogen-bond acceptors (Lipinski definition) is 8. The Labute approximate surface area is 242 Å². The molecule has 5 aromatic rings.